The van der Waals surface area contributed by atoms with Gasteiger partial charge in [-0.3, -0.25) is 0 Å². The number of aryl methyl sites for hydroxylation is 2. The number of amides is 1. The van der Waals surface area contributed by atoms with Gasteiger partial charge in [-0.15, -0.1) is 0 Å². The number of carbonyl (C=O) groups is 1. The molecular formula is C22H34N4O4. The van der Waals surface area contributed by atoms with Gasteiger partial charge in [0.1, 0.15) is 0 Å². The van der Waals surface area contributed by atoms with Gasteiger partial charge in [0, 0.05) is 42.8 Å². The number of nitrogens with one attached hydrogen (secondary N) is 1. The lowest BCUT2D eigenvalue weighted by molar-refractivity contribution is 0.122. The van der Waals surface area contributed by atoms with Crippen molar-refractivity contribution < 1.29 is 19.2 Å². The average molecular weight is 419 g/mol. The second kappa shape index (κ2) is 10.6. The maximum Gasteiger partial charge on any atom is 0.407 e. The molecule has 0 aliphatic carbocycles. The van der Waals surface area contributed by atoms with Gasteiger partial charge in [0.25, 0.3) is 0 Å². The molecule has 0 atom stereocenters. The number of nitrogens with zero attached hydrogens (tertiary/aromatic N) is 3. The lowest BCUT2D eigenvalue weighted by Crippen LogP contribution is -2.37. The lowest BCUT2D eigenvalue weighted by atomic mass is 9.91. The first-order valence-electron chi connectivity index (χ1n) is 10.8. The molecule has 30 heavy (non-hydrogen) atoms. The van der Waals surface area contributed by atoms with Crippen LogP contribution in [0, 0.1) is 12.8 Å². The largest absolute Gasteiger partial charge is 0.465 e. The van der Waals surface area contributed by atoms with Crippen LogP contribution in [0.25, 0.3) is 11.0 Å². The van der Waals surface area contributed by atoms with E-state index < -0.39 is 6.09 Å². The summed E-state index contributed by atoms with van der Waals surface area (Å²) in [5, 5.41) is 17.3. The van der Waals surface area contributed by atoms with Crippen molar-refractivity contribution in [2.24, 2.45) is 5.92 Å². The molecule has 1 aromatic heterocycles. The molecule has 2 aromatic rings. The third-order valence-electron chi connectivity index (χ3n) is 5.96. The fraction of sp³-hybridized carbons (Fsp3) is 0.636. The van der Waals surface area contributed by atoms with Crippen LogP contribution in [0.5, 0.6) is 0 Å². The first kappa shape index (κ1) is 22.4. The molecule has 0 unspecified atom stereocenters. The molecule has 2 aliphatic rings. The van der Waals surface area contributed by atoms with Crippen LogP contribution in [-0.4, -0.2) is 74.7 Å². The Kier molecular flexibility index (Phi) is 7.93. The summed E-state index contributed by atoms with van der Waals surface area (Å²) in [6.45, 7) is 6.72. The Labute approximate surface area is 178 Å². The minimum Gasteiger partial charge on any atom is -0.465 e. The van der Waals surface area contributed by atoms with Gasteiger partial charge in [-0.2, -0.15) is 0 Å². The Hall–Kier alpha value is -2.32. The third kappa shape index (κ3) is 5.23. The van der Waals surface area contributed by atoms with Gasteiger partial charge < -0.3 is 29.5 Å². The van der Waals surface area contributed by atoms with Crippen LogP contribution >= 0.6 is 0 Å². The van der Waals surface area contributed by atoms with Crippen LogP contribution in [0.15, 0.2) is 16.7 Å². The number of piperidine rings is 1. The van der Waals surface area contributed by atoms with Crippen molar-refractivity contribution in [3.05, 3.63) is 23.4 Å². The smallest absolute Gasteiger partial charge is 0.407 e. The van der Waals surface area contributed by atoms with E-state index in [0.717, 1.165) is 74.2 Å². The number of rotatable bonds is 4. The number of fused-ring (bicyclic) bond motifs is 1. The van der Waals surface area contributed by atoms with Crippen LogP contribution in [0.2, 0.25) is 0 Å². The second-order valence-corrected chi connectivity index (χ2v) is 8.07. The van der Waals surface area contributed by atoms with Gasteiger partial charge in [-0.1, -0.05) is 5.16 Å². The molecule has 1 aromatic carbocycles. The quantitative estimate of drug-likeness (QED) is 0.788. The van der Waals surface area contributed by atoms with Crippen LogP contribution in [-0.2, 0) is 11.2 Å². The Morgan fingerprint density at radius 2 is 1.87 bits per heavy atom. The van der Waals surface area contributed by atoms with Crippen LogP contribution in [0.1, 0.15) is 30.5 Å². The highest BCUT2D eigenvalue weighted by Gasteiger charge is 2.23. The van der Waals surface area contributed by atoms with E-state index in [1.165, 1.54) is 10.6 Å². The topological polar surface area (TPSA) is 91.1 Å². The summed E-state index contributed by atoms with van der Waals surface area (Å²) in [5.74, 6) is 0.557. The summed E-state index contributed by atoms with van der Waals surface area (Å²) in [5.41, 5.74) is 4.24. The molecular weight excluding hydrogens is 384 g/mol. The summed E-state index contributed by atoms with van der Waals surface area (Å²) in [6, 6.07) is 4.31. The highest BCUT2D eigenvalue weighted by Crippen LogP contribution is 2.32. The molecule has 8 heteroatoms. The van der Waals surface area contributed by atoms with Gasteiger partial charge in [0.15, 0.2) is 5.58 Å². The molecule has 3 heterocycles. The van der Waals surface area contributed by atoms with E-state index in [4.69, 9.17) is 14.4 Å². The van der Waals surface area contributed by atoms with E-state index in [2.05, 4.69) is 34.4 Å². The van der Waals surface area contributed by atoms with Crippen molar-refractivity contribution in [3.8, 4) is 0 Å². The van der Waals surface area contributed by atoms with E-state index in [1.54, 1.807) is 0 Å². The number of ether oxygens (including phenoxy) is 1. The number of hydrogen-bond donors (Lipinski definition) is 2. The maximum absolute atomic E-state index is 11.0. The number of aromatic nitrogens is 1. The number of morpholine rings is 1. The molecule has 2 fully saturated rings. The summed E-state index contributed by atoms with van der Waals surface area (Å²) in [6.07, 6.45) is 2.97. The number of anilines is 1. The fourth-order valence-corrected chi connectivity index (χ4v) is 4.26. The second-order valence-electron chi connectivity index (χ2n) is 8.07. The monoisotopic (exact) mass is 418 g/mol. The summed E-state index contributed by atoms with van der Waals surface area (Å²) in [7, 11) is 3.75. The molecule has 0 spiro atoms. The summed E-state index contributed by atoms with van der Waals surface area (Å²) in [4.78, 5) is 14.9. The lowest BCUT2D eigenvalue weighted by Gasteiger charge is -2.30. The maximum atomic E-state index is 11.0. The van der Waals surface area contributed by atoms with Crippen molar-refractivity contribution in [2.75, 3.05) is 58.4 Å². The molecule has 2 N–H and O–H groups in total. The molecule has 2 saturated heterocycles. The van der Waals surface area contributed by atoms with E-state index in [0.29, 0.717) is 19.0 Å². The fourth-order valence-electron chi connectivity index (χ4n) is 4.26. The third-order valence-corrected chi connectivity index (χ3v) is 5.96. The standard InChI is InChI=1S/C20H27N3O4.C2H7N/c1-14-18(22-10-12-26-13-11-22)5-3-16-17(21-27-19(14)16)4-2-15-6-8-23(9-7-15)20(24)25;1-3-2/h3,5,15H,2,4,6-13H2,1H3,(H,24,25);3H,1-2H3. The van der Waals surface area contributed by atoms with E-state index in [-0.39, 0.29) is 0 Å². The molecule has 0 bridgehead atoms. The summed E-state index contributed by atoms with van der Waals surface area (Å²) < 4.78 is 11.2. The van der Waals surface area contributed by atoms with Crippen LogP contribution in [0.4, 0.5) is 10.5 Å². The number of benzene rings is 1. The van der Waals surface area contributed by atoms with E-state index >= 15 is 0 Å². The minimum atomic E-state index is -0.803. The predicted octanol–water partition coefficient (Wildman–Crippen LogP) is 3.13. The summed E-state index contributed by atoms with van der Waals surface area (Å²) >= 11 is 0. The molecule has 166 valence electrons. The molecule has 1 amide bonds. The van der Waals surface area contributed by atoms with Gasteiger partial charge in [-0.25, -0.2) is 4.79 Å². The first-order chi connectivity index (χ1) is 14.5. The van der Waals surface area contributed by atoms with Crippen LogP contribution in [0.3, 0.4) is 0 Å². The molecule has 0 saturated carbocycles. The Morgan fingerprint density at radius 3 is 2.50 bits per heavy atom. The normalized spacial score (nSPS) is 17.7. The minimum absolute atomic E-state index is 0.557. The number of hydrogen-bond acceptors (Lipinski definition) is 6. The Balaban J connectivity index is 0.000000806. The van der Waals surface area contributed by atoms with Gasteiger partial charge in [-0.05, 0) is 64.8 Å². The van der Waals surface area contributed by atoms with Gasteiger partial charge >= 0.3 is 6.09 Å². The highest BCUT2D eigenvalue weighted by atomic mass is 16.5. The highest BCUT2D eigenvalue weighted by molar-refractivity contribution is 5.87. The van der Waals surface area contributed by atoms with Crippen molar-refractivity contribution >= 4 is 22.7 Å². The average Bonchev–Trinajstić information content (AvgIpc) is 3.18. The number of likely N-dealkylation sites (tertiary alicyclic amines) is 1. The van der Waals surface area contributed by atoms with Gasteiger partial charge in [0.05, 0.1) is 18.9 Å². The van der Waals surface area contributed by atoms with E-state index in [1.807, 2.05) is 14.1 Å². The zero-order chi connectivity index (χ0) is 21.5. The molecule has 8 nitrogen and oxygen atoms in total. The van der Waals surface area contributed by atoms with Crippen molar-refractivity contribution in [1.29, 1.82) is 0 Å². The van der Waals surface area contributed by atoms with Crippen molar-refractivity contribution in [3.63, 3.8) is 0 Å². The van der Waals surface area contributed by atoms with Gasteiger partial charge in [0.2, 0.25) is 0 Å². The Morgan fingerprint density at radius 1 is 1.20 bits per heavy atom. The molecule has 4 rings (SSSR count). The predicted molar refractivity (Wildman–Crippen MR) is 117 cm³/mol. The van der Waals surface area contributed by atoms with E-state index in [9.17, 15) is 4.79 Å². The van der Waals surface area contributed by atoms with Crippen molar-refractivity contribution in [2.45, 2.75) is 32.6 Å². The molecule has 0 radical (unpaired) electrons. The zero-order valence-corrected chi connectivity index (χ0v) is 18.3. The first-order valence-corrected chi connectivity index (χ1v) is 10.8. The SMILES string of the molecule is CNC.Cc1c(N2CCOCC2)ccc2c(CCC3CCN(C(=O)O)CC3)noc12. The van der Waals surface area contributed by atoms with Crippen LogP contribution < -0.4 is 10.2 Å². The van der Waals surface area contributed by atoms with Crippen molar-refractivity contribution in [1.82, 2.24) is 15.4 Å². The molecule has 2 aliphatic heterocycles. The zero-order valence-electron chi connectivity index (χ0n) is 18.3. The number of carboxylic acid groups (broad SMARTS) is 1. The Bertz CT molecular complexity index is 824.